The second-order valence-corrected chi connectivity index (χ2v) is 4.98. The van der Waals surface area contributed by atoms with E-state index in [0.29, 0.717) is 16.3 Å². The number of carboxylic acids is 2. The largest absolute Gasteiger partial charge is 0.478 e. The maximum absolute atomic E-state index is 11.7. The molecule has 6 nitrogen and oxygen atoms in total. The minimum atomic E-state index is -1.24. The van der Waals surface area contributed by atoms with Crippen LogP contribution in [0.1, 0.15) is 20.9 Å². The monoisotopic (exact) mass is 295 g/mol. The standard InChI is InChI=1S/C16H9NO5/c18-15(19)11-6-7-5-10-12(13(16(20)21)14(7)22-11)8-3-1-2-4-9(8)17-10/h1-6,17H,(H,18,19)(H,20,21). The summed E-state index contributed by atoms with van der Waals surface area (Å²) < 4.78 is 5.25. The van der Waals surface area contributed by atoms with Crippen molar-refractivity contribution in [1.29, 1.82) is 0 Å². The van der Waals surface area contributed by atoms with Crippen molar-refractivity contribution in [1.82, 2.24) is 4.98 Å². The van der Waals surface area contributed by atoms with Gasteiger partial charge in [0.2, 0.25) is 5.76 Å². The summed E-state index contributed by atoms with van der Waals surface area (Å²) in [6, 6.07) is 10.4. The number of fused-ring (bicyclic) bond motifs is 4. The smallest absolute Gasteiger partial charge is 0.371 e. The first-order valence-corrected chi connectivity index (χ1v) is 6.50. The summed E-state index contributed by atoms with van der Waals surface area (Å²) in [5.41, 5.74) is 1.48. The van der Waals surface area contributed by atoms with Crippen molar-refractivity contribution in [3.05, 3.63) is 47.7 Å². The van der Waals surface area contributed by atoms with E-state index < -0.39 is 11.9 Å². The number of aromatic nitrogens is 1. The topological polar surface area (TPSA) is 104 Å². The predicted octanol–water partition coefficient (Wildman–Crippen LogP) is 3.46. The second-order valence-electron chi connectivity index (χ2n) is 4.98. The van der Waals surface area contributed by atoms with Crippen molar-refractivity contribution in [2.45, 2.75) is 0 Å². The molecule has 3 N–H and O–H groups in total. The Kier molecular flexibility index (Phi) is 2.33. The van der Waals surface area contributed by atoms with Crippen LogP contribution in [-0.2, 0) is 0 Å². The number of benzene rings is 2. The van der Waals surface area contributed by atoms with Gasteiger partial charge in [-0.25, -0.2) is 9.59 Å². The lowest BCUT2D eigenvalue weighted by Gasteiger charge is -2.00. The molecule has 0 aliphatic carbocycles. The summed E-state index contributed by atoms with van der Waals surface area (Å²) in [4.78, 5) is 25.9. The average molecular weight is 295 g/mol. The Balaban J connectivity index is 2.26. The predicted molar refractivity (Wildman–Crippen MR) is 79.5 cm³/mol. The van der Waals surface area contributed by atoms with Crippen molar-refractivity contribution >= 4 is 44.7 Å². The molecule has 6 heteroatoms. The van der Waals surface area contributed by atoms with Gasteiger partial charge >= 0.3 is 11.9 Å². The molecular weight excluding hydrogens is 286 g/mol. The summed E-state index contributed by atoms with van der Waals surface area (Å²) in [5.74, 6) is -2.68. The number of carbonyl (C=O) groups is 2. The first-order valence-electron chi connectivity index (χ1n) is 6.50. The van der Waals surface area contributed by atoms with Gasteiger partial charge in [0.05, 0.1) is 0 Å². The molecule has 0 atom stereocenters. The van der Waals surface area contributed by atoms with Gasteiger partial charge in [-0.3, -0.25) is 0 Å². The van der Waals surface area contributed by atoms with Crippen LogP contribution in [0.25, 0.3) is 32.8 Å². The van der Waals surface area contributed by atoms with Gasteiger partial charge in [-0.15, -0.1) is 0 Å². The highest BCUT2D eigenvalue weighted by molar-refractivity contribution is 6.22. The Morgan fingerprint density at radius 3 is 2.50 bits per heavy atom. The van der Waals surface area contributed by atoms with E-state index in [9.17, 15) is 14.7 Å². The van der Waals surface area contributed by atoms with Crippen LogP contribution in [0.2, 0.25) is 0 Å². The number of para-hydroxylation sites is 1. The quantitative estimate of drug-likeness (QED) is 0.525. The number of H-pyrrole nitrogens is 1. The molecule has 0 bridgehead atoms. The molecule has 0 aliphatic heterocycles. The lowest BCUT2D eigenvalue weighted by molar-refractivity contribution is 0.0657. The van der Waals surface area contributed by atoms with Gasteiger partial charge in [0, 0.05) is 27.2 Å². The summed E-state index contributed by atoms with van der Waals surface area (Å²) in [7, 11) is 0. The van der Waals surface area contributed by atoms with E-state index in [1.54, 1.807) is 6.07 Å². The summed E-state index contributed by atoms with van der Waals surface area (Å²) >= 11 is 0. The molecule has 0 saturated heterocycles. The van der Waals surface area contributed by atoms with E-state index in [1.807, 2.05) is 24.3 Å². The van der Waals surface area contributed by atoms with Crippen LogP contribution in [-0.4, -0.2) is 27.1 Å². The molecule has 0 unspecified atom stereocenters. The third-order valence-corrected chi connectivity index (χ3v) is 3.70. The number of aromatic amines is 1. The van der Waals surface area contributed by atoms with E-state index in [4.69, 9.17) is 9.52 Å². The normalized spacial score (nSPS) is 11.5. The van der Waals surface area contributed by atoms with E-state index >= 15 is 0 Å². The van der Waals surface area contributed by atoms with Crippen LogP contribution in [0, 0.1) is 0 Å². The molecular formula is C16H9NO5. The highest BCUT2D eigenvalue weighted by atomic mass is 16.4. The molecule has 0 fully saturated rings. The molecule has 0 radical (unpaired) electrons. The fraction of sp³-hybridized carbons (Fsp3) is 0. The van der Waals surface area contributed by atoms with Crippen LogP contribution < -0.4 is 0 Å². The Hall–Kier alpha value is -3.28. The Morgan fingerprint density at radius 2 is 1.77 bits per heavy atom. The van der Waals surface area contributed by atoms with Crippen molar-refractivity contribution in [3.63, 3.8) is 0 Å². The molecule has 0 amide bonds. The first-order chi connectivity index (χ1) is 10.6. The molecule has 4 aromatic rings. The van der Waals surface area contributed by atoms with E-state index in [-0.39, 0.29) is 16.9 Å². The summed E-state index contributed by atoms with van der Waals surface area (Å²) in [6.07, 6.45) is 0. The van der Waals surface area contributed by atoms with Crippen molar-refractivity contribution in [3.8, 4) is 0 Å². The molecule has 2 aromatic heterocycles. The summed E-state index contributed by atoms with van der Waals surface area (Å²) in [5, 5.41) is 20.3. The maximum atomic E-state index is 11.7. The second kappa shape index (κ2) is 4.11. The van der Waals surface area contributed by atoms with E-state index in [1.165, 1.54) is 6.07 Å². The third-order valence-electron chi connectivity index (χ3n) is 3.70. The highest BCUT2D eigenvalue weighted by Gasteiger charge is 2.22. The number of rotatable bonds is 2. The number of carboxylic acid groups (broad SMARTS) is 2. The van der Waals surface area contributed by atoms with Gasteiger partial charge < -0.3 is 19.6 Å². The van der Waals surface area contributed by atoms with Gasteiger partial charge in [-0.05, 0) is 18.2 Å². The third kappa shape index (κ3) is 1.54. The number of nitrogens with one attached hydrogen (secondary N) is 1. The molecule has 2 aromatic carbocycles. The van der Waals surface area contributed by atoms with Crippen LogP contribution in [0.4, 0.5) is 0 Å². The minimum absolute atomic E-state index is 0.0301. The zero-order valence-electron chi connectivity index (χ0n) is 11.1. The van der Waals surface area contributed by atoms with Crippen LogP contribution >= 0.6 is 0 Å². The fourth-order valence-electron chi connectivity index (χ4n) is 2.83. The number of aromatic carboxylic acids is 2. The van der Waals surface area contributed by atoms with E-state index in [2.05, 4.69) is 4.98 Å². The fourth-order valence-corrected chi connectivity index (χ4v) is 2.83. The number of hydrogen-bond acceptors (Lipinski definition) is 3. The lowest BCUT2D eigenvalue weighted by Crippen LogP contribution is -1.98. The van der Waals surface area contributed by atoms with Gasteiger partial charge in [-0.2, -0.15) is 0 Å². The van der Waals surface area contributed by atoms with Crippen LogP contribution in [0.15, 0.2) is 40.8 Å². The van der Waals surface area contributed by atoms with Crippen LogP contribution in [0.3, 0.4) is 0 Å². The number of furan rings is 1. The lowest BCUT2D eigenvalue weighted by atomic mass is 10.0. The number of hydrogen-bond donors (Lipinski definition) is 3. The van der Waals surface area contributed by atoms with Crippen molar-refractivity contribution in [2.24, 2.45) is 0 Å². The zero-order chi connectivity index (χ0) is 15.4. The highest BCUT2D eigenvalue weighted by Crippen LogP contribution is 2.35. The summed E-state index contributed by atoms with van der Waals surface area (Å²) in [6.45, 7) is 0. The van der Waals surface area contributed by atoms with Crippen LogP contribution in [0.5, 0.6) is 0 Å². The Morgan fingerprint density at radius 1 is 1.00 bits per heavy atom. The average Bonchev–Trinajstić information content (AvgIpc) is 3.04. The Labute approximate surface area is 122 Å². The molecule has 22 heavy (non-hydrogen) atoms. The van der Waals surface area contributed by atoms with Crippen molar-refractivity contribution < 1.29 is 24.2 Å². The van der Waals surface area contributed by atoms with Gasteiger partial charge in [0.15, 0.2) is 5.58 Å². The van der Waals surface area contributed by atoms with E-state index in [0.717, 1.165) is 10.9 Å². The molecule has 0 saturated carbocycles. The van der Waals surface area contributed by atoms with Gasteiger partial charge in [-0.1, -0.05) is 18.2 Å². The van der Waals surface area contributed by atoms with Gasteiger partial charge in [0.1, 0.15) is 5.56 Å². The molecule has 0 aliphatic rings. The minimum Gasteiger partial charge on any atom is -0.478 e. The Bertz CT molecular complexity index is 1090. The maximum Gasteiger partial charge on any atom is 0.371 e. The molecule has 2 heterocycles. The molecule has 0 spiro atoms. The van der Waals surface area contributed by atoms with Crippen molar-refractivity contribution in [2.75, 3.05) is 0 Å². The zero-order valence-corrected chi connectivity index (χ0v) is 11.1. The molecule has 4 rings (SSSR count). The first kappa shape index (κ1) is 12.5. The molecule has 108 valence electrons. The van der Waals surface area contributed by atoms with Gasteiger partial charge in [0.25, 0.3) is 0 Å². The SMILES string of the molecule is O=C(O)c1cc2cc3[nH]c4ccccc4c3c(C(=O)O)c2o1.